The minimum atomic E-state index is -0.0823. The molecule has 0 aliphatic carbocycles. The predicted octanol–water partition coefficient (Wildman–Crippen LogP) is 4.50. The number of aliphatic hydroxyl groups excluding tert-OH is 1. The minimum Gasteiger partial charge on any atom is -0.391 e. The van der Waals surface area contributed by atoms with Crippen LogP contribution in [0.1, 0.15) is 16.0 Å². The van der Waals surface area contributed by atoms with E-state index in [2.05, 4.69) is 34.1 Å². The lowest BCUT2D eigenvalue weighted by Crippen LogP contribution is -2.21. The molecule has 118 valence electrons. The van der Waals surface area contributed by atoms with Gasteiger partial charge < -0.3 is 10.0 Å². The second-order valence-electron chi connectivity index (χ2n) is 5.20. The molecule has 0 amide bonds. The molecule has 5 heteroatoms. The number of hydrogen-bond donors (Lipinski definition) is 1. The zero-order valence-electron chi connectivity index (χ0n) is 12.5. The maximum Gasteiger partial charge on any atom is 0.187 e. The number of rotatable bonds is 6. The van der Waals surface area contributed by atoms with Crippen molar-refractivity contribution in [3.8, 4) is 0 Å². The number of aromatic nitrogens is 1. The number of aliphatic hydroxyl groups is 1. The molecule has 3 rings (SSSR count). The smallest absolute Gasteiger partial charge is 0.187 e. The topological polar surface area (TPSA) is 36.4 Å². The third-order valence-corrected chi connectivity index (χ3v) is 5.01. The first-order valence-electron chi connectivity index (χ1n) is 7.35. The number of halogens is 1. The summed E-state index contributed by atoms with van der Waals surface area (Å²) in [5.74, 6) is 0. The van der Waals surface area contributed by atoms with Crippen LogP contribution in [0.3, 0.4) is 0 Å². The third-order valence-electron chi connectivity index (χ3n) is 3.49. The van der Waals surface area contributed by atoms with Gasteiger partial charge in [0.15, 0.2) is 5.13 Å². The summed E-state index contributed by atoms with van der Waals surface area (Å²) in [4.78, 5) is 7.31. The Kier molecular flexibility index (Phi) is 5.28. The molecule has 0 saturated heterocycles. The van der Waals surface area contributed by atoms with Crippen molar-refractivity contribution < 1.29 is 5.11 Å². The lowest BCUT2D eigenvalue weighted by atomic mass is 10.2. The van der Waals surface area contributed by atoms with Crippen LogP contribution in [-0.2, 0) is 19.7 Å². The maximum absolute atomic E-state index is 9.36. The lowest BCUT2D eigenvalue weighted by molar-refractivity contribution is 0.285. The van der Waals surface area contributed by atoms with Gasteiger partial charge in [0.2, 0.25) is 0 Å². The molecule has 23 heavy (non-hydrogen) atoms. The number of thiazole rings is 1. The van der Waals surface area contributed by atoms with Crippen molar-refractivity contribution in [1.82, 2.24) is 4.98 Å². The highest BCUT2D eigenvalue weighted by Crippen LogP contribution is 2.31. The van der Waals surface area contributed by atoms with Crippen molar-refractivity contribution in [1.29, 1.82) is 0 Å². The Labute approximate surface area is 144 Å². The van der Waals surface area contributed by atoms with E-state index in [-0.39, 0.29) is 6.61 Å². The summed E-state index contributed by atoms with van der Waals surface area (Å²) >= 11 is 7.55. The van der Waals surface area contributed by atoms with Crippen LogP contribution in [0.15, 0.2) is 60.7 Å². The van der Waals surface area contributed by atoms with Crippen LogP contribution in [0.25, 0.3) is 0 Å². The van der Waals surface area contributed by atoms with Crippen molar-refractivity contribution in [3.05, 3.63) is 81.8 Å². The fourth-order valence-electron chi connectivity index (χ4n) is 2.35. The van der Waals surface area contributed by atoms with Crippen molar-refractivity contribution in [2.24, 2.45) is 0 Å². The maximum atomic E-state index is 9.36. The number of benzene rings is 2. The van der Waals surface area contributed by atoms with Gasteiger partial charge in [0.05, 0.1) is 11.5 Å². The normalized spacial score (nSPS) is 10.7. The van der Waals surface area contributed by atoms with Gasteiger partial charge in [-0.05, 0) is 11.1 Å². The molecule has 0 bridgehead atoms. The van der Waals surface area contributed by atoms with Gasteiger partial charge in [0.1, 0.15) is 5.15 Å². The standard InChI is InChI=1S/C18H17ClN2OS/c19-17-16(13-22)23-18(20-17)21(11-14-7-3-1-4-8-14)12-15-9-5-2-6-10-15/h1-10,22H,11-13H2. The van der Waals surface area contributed by atoms with E-state index in [1.165, 1.54) is 22.5 Å². The molecule has 1 aromatic heterocycles. The van der Waals surface area contributed by atoms with E-state index in [4.69, 9.17) is 11.6 Å². The highest BCUT2D eigenvalue weighted by Gasteiger charge is 2.16. The van der Waals surface area contributed by atoms with Gasteiger partial charge >= 0.3 is 0 Å². The molecule has 0 spiro atoms. The van der Waals surface area contributed by atoms with Crippen LogP contribution in [0.4, 0.5) is 5.13 Å². The Hall–Kier alpha value is -1.88. The second-order valence-corrected chi connectivity index (χ2v) is 6.62. The van der Waals surface area contributed by atoms with Crippen molar-refractivity contribution in [2.45, 2.75) is 19.7 Å². The lowest BCUT2D eigenvalue weighted by Gasteiger charge is -2.22. The molecule has 3 nitrogen and oxygen atoms in total. The number of nitrogens with zero attached hydrogens (tertiary/aromatic N) is 2. The Morgan fingerprint density at radius 3 is 1.87 bits per heavy atom. The van der Waals surface area contributed by atoms with Gasteiger partial charge in [-0.2, -0.15) is 0 Å². The average Bonchev–Trinajstić information content (AvgIpc) is 2.97. The average molecular weight is 345 g/mol. The molecule has 0 atom stereocenters. The molecule has 0 saturated carbocycles. The molecule has 0 radical (unpaired) electrons. The van der Waals surface area contributed by atoms with Gasteiger partial charge in [0.25, 0.3) is 0 Å². The monoisotopic (exact) mass is 344 g/mol. The summed E-state index contributed by atoms with van der Waals surface area (Å²) in [6.07, 6.45) is 0. The zero-order chi connectivity index (χ0) is 16.1. The molecule has 1 heterocycles. The highest BCUT2D eigenvalue weighted by molar-refractivity contribution is 7.16. The summed E-state index contributed by atoms with van der Waals surface area (Å²) in [6.45, 7) is 1.40. The fourth-order valence-corrected chi connectivity index (χ4v) is 3.47. The van der Waals surface area contributed by atoms with E-state index in [0.717, 1.165) is 18.2 Å². The van der Waals surface area contributed by atoms with Crippen molar-refractivity contribution in [2.75, 3.05) is 4.90 Å². The molecule has 3 aromatic rings. The van der Waals surface area contributed by atoms with Gasteiger partial charge in [-0.3, -0.25) is 0 Å². The van der Waals surface area contributed by atoms with Gasteiger partial charge in [-0.15, -0.1) is 0 Å². The summed E-state index contributed by atoms with van der Waals surface area (Å²) in [7, 11) is 0. The van der Waals surface area contributed by atoms with Crippen molar-refractivity contribution in [3.63, 3.8) is 0 Å². The molecule has 0 aliphatic heterocycles. The Morgan fingerprint density at radius 2 is 1.43 bits per heavy atom. The third kappa shape index (κ3) is 4.10. The Bertz CT molecular complexity index is 705. The molecular formula is C18H17ClN2OS. The van der Waals surface area contributed by atoms with Gasteiger partial charge in [-0.1, -0.05) is 83.6 Å². The Balaban J connectivity index is 1.88. The van der Waals surface area contributed by atoms with E-state index in [1.807, 2.05) is 36.4 Å². The predicted molar refractivity (Wildman–Crippen MR) is 95.8 cm³/mol. The summed E-state index contributed by atoms with van der Waals surface area (Å²) in [5, 5.41) is 10.6. The summed E-state index contributed by atoms with van der Waals surface area (Å²) in [6, 6.07) is 20.5. The SMILES string of the molecule is OCc1sc(N(Cc2ccccc2)Cc2ccccc2)nc1Cl. The minimum absolute atomic E-state index is 0.0823. The van der Waals surface area contributed by atoms with E-state index in [0.29, 0.717) is 10.0 Å². The van der Waals surface area contributed by atoms with Gasteiger partial charge in [-0.25, -0.2) is 4.98 Å². The molecule has 0 aliphatic rings. The van der Waals surface area contributed by atoms with Crippen LogP contribution in [0.5, 0.6) is 0 Å². The number of anilines is 1. The molecule has 0 fully saturated rings. The highest BCUT2D eigenvalue weighted by atomic mass is 35.5. The van der Waals surface area contributed by atoms with Crippen LogP contribution < -0.4 is 4.90 Å². The second kappa shape index (κ2) is 7.59. The first-order chi connectivity index (χ1) is 11.3. The number of hydrogen-bond acceptors (Lipinski definition) is 4. The quantitative estimate of drug-likeness (QED) is 0.715. The summed E-state index contributed by atoms with van der Waals surface area (Å²) in [5.41, 5.74) is 2.42. The largest absolute Gasteiger partial charge is 0.391 e. The van der Waals surface area contributed by atoms with Crippen LogP contribution >= 0.6 is 22.9 Å². The molecule has 2 aromatic carbocycles. The van der Waals surface area contributed by atoms with Crippen LogP contribution in [0.2, 0.25) is 5.15 Å². The van der Waals surface area contributed by atoms with Crippen LogP contribution in [-0.4, -0.2) is 10.1 Å². The van der Waals surface area contributed by atoms with E-state index < -0.39 is 0 Å². The molecule has 1 N–H and O–H groups in total. The first kappa shape index (κ1) is 16.0. The van der Waals surface area contributed by atoms with E-state index in [1.54, 1.807) is 0 Å². The first-order valence-corrected chi connectivity index (χ1v) is 8.54. The molecule has 0 unspecified atom stereocenters. The van der Waals surface area contributed by atoms with E-state index in [9.17, 15) is 5.11 Å². The Morgan fingerprint density at radius 1 is 0.913 bits per heavy atom. The van der Waals surface area contributed by atoms with Gasteiger partial charge in [0, 0.05) is 13.1 Å². The molecular weight excluding hydrogens is 328 g/mol. The zero-order valence-corrected chi connectivity index (χ0v) is 14.1. The van der Waals surface area contributed by atoms with E-state index >= 15 is 0 Å². The van der Waals surface area contributed by atoms with Crippen molar-refractivity contribution >= 4 is 28.1 Å². The summed E-state index contributed by atoms with van der Waals surface area (Å²) < 4.78 is 0. The van der Waals surface area contributed by atoms with Crippen LogP contribution in [0, 0.1) is 0 Å². The fraction of sp³-hybridized carbons (Fsp3) is 0.167.